The quantitative estimate of drug-likeness (QED) is 0.811. The van der Waals surface area contributed by atoms with Gasteiger partial charge < -0.3 is 15.0 Å². The van der Waals surface area contributed by atoms with Gasteiger partial charge in [0.1, 0.15) is 0 Å². The van der Waals surface area contributed by atoms with E-state index in [-0.39, 0.29) is 12.1 Å². The van der Waals surface area contributed by atoms with Crippen molar-refractivity contribution < 1.29 is 9.53 Å². The normalized spacial score (nSPS) is 16.6. The summed E-state index contributed by atoms with van der Waals surface area (Å²) in [6.45, 7) is 7.72. The van der Waals surface area contributed by atoms with Gasteiger partial charge in [0, 0.05) is 38.2 Å². The summed E-state index contributed by atoms with van der Waals surface area (Å²) in [5.74, 6) is 0. The van der Waals surface area contributed by atoms with Crippen LogP contribution in [0.5, 0.6) is 0 Å². The van der Waals surface area contributed by atoms with Crippen LogP contribution in [0.3, 0.4) is 0 Å². The van der Waals surface area contributed by atoms with Crippen LogP contribution in [0, 0.1) is 0 Å². The van der Waals surface area contributed by atoms with Crippen LogP contribution < -0.4 is 5.32 Å². The lowest BCUT2D eigenvalue weighted by Gasteiger charge is -2.35. The van der Waals surface area contributed by atoms with E-state index in [9.17, 15) is 4.79 Å². The van der Waals surface area contributed by atoms with Crippen molar-refractivity contribution in [1.29, 1.82) is 0 Å². The molecule has 2 rings (SSSR count). The molecule has 6 heteroatoms. The van der Waals surface area contributed by atoms with Gasteiger partial charge >= 0.3 is 6.03 Å². The third-order valence-electron chi connectivity index (χ3n) is 3.95. The zero-order valence-electron chi connectivity index (χ0n) is 13.5. The van der Waals surface area contributed by atoms with E-state index >= 15 is 0 Å². The summed E-state index contributed by atoms with van der Waals surface area (Å²) in [5.41, 5.74) is 1.03. The van der Waals surface area contributed by atoms with E-state index in [0.717, 1.165) is 23.7 Å². The fraction of sp³-hybridized carbons (Fsp3) is 0.471. The van der Waals surface area contributed by atoms with Gasteiger partial charge in [0.25, 0.3) is 0 Å². The minimum atomic E-state index is -0.116. The topological polar surface area (TPSA) is 44.8 Å². The third-order valence-corrected chi connectivity index (χ3v) is 4.29. The molecule has 0 spiro atoms. The Bertz CT molecular complexity index is 532. The zero-order chi connectivity index (χ0) is 16.7. The fourth-order valence-electron chi connectivity index (χ4n) is 2.67. The fourth-order valence-corrected chi connectivity index (χ4v) is 2.93. The Labute approximate surface area is 142 Å². The highest BCUT2D eigenvalue weighted by Gasteiger charge is 2.25. The summed E-state index contributed by atoms with van der Waals surface area (Å²) in [6, 6.07) is 7.71. The van der Waals surface area contributed by atoms with Crippen LogP contribution in [0.15, 0.2) is 36.9 Å². The average Bonchev–Trinajstić information content (AvgIpc) is 2.57. The Morgan fingerprint density at radius 1 is 1.48 bits per heavy atom. The Morgan fingerprint density at radius 2 is 2.17 bits per heavy atom. The second-order valence-electron chi connectivity index (χ2n) is 5.54. The maximum absolute atomic E-state index is 12.1. The summed E-state index contributed by atoms with van der Waals surface area (Å²) in [4.78, 5) is 16.0. The minimum Gasteiger partial charge on any atom is -0.379 e. The highest BCUT2D eigenvalue weighted by atomic mass is 35.5. The zero-order valence-corrected chi connectivity index (χ0v) is 14.3. The number of hydrogen-bond acceptors (Lipinski definition) is 3. The van der Waals surface area contributed by atoms with E-state index in [1.807, 2.05) is 24.3 Å². The first kappa shape index (κ1) is 17.8. The van der Waals surface area contributed by atoms with Crippen molar-refractivity contribution in [2.75, 3.05) is 46.4 Å². The number of hydrogen-bond donors (Lipinski definition) is 1. The van der Waals surface area contributed by atoms with E-state index < -0.39 is 0 Å². The Hall–Kier alpha value is -1.56. The van der Waals surface area contributed by atoms with Crippen molar-refractivity contribution in [1.82, 2.24) is 15.1 Å². The lowest BCUT2D eigenvalue weighted by molar-refractivity contribution is 0.0165. The van der Waals surface area contributed by atoms with E-state index in [0.29, 0.717) is 26.3 Å². The summed E-state index contributed by atoms with van der Waals surface area (Å²) in [7, 11) is 1.75. The Morgan fingerprint density at radius 3 is 2.83 bits per heavy atom. The highest BCUT2D eigenvalue weighted by molar-refractivity contribution is 6.31. The van der Waals surface area contributed by atoms with Crippen molar-refractivity contribution in [3.63, 3.8) is 0 Å². The number of nitrogens with one attached hydrogen (secondary N) is 1. The van der Waals surface area contributed by atoms with Gasteiger partial charge in [0.15, 0.2) is 0 Å². The second kappa shape index (κ2) is 8.91. The van der Waals surface area contributed by atoms with E-state index in [4.69, 9.17) is 16.3 Å². The number of urea groups is 1. The molecule has 1 aliphatic rings. The maximum Gasteiger partial charge on any atom is 0.317 e. The van der Waals surface area contributed by atoms with Crippen molar-refractivity contribution in [2.24, 2.45) is 0 Å². The molecule has 0 bridgehead atoms. The average molecular weight is 338 g/mol. The predicted molar refractivity (Wildman–Crippen MR) is 92.8 cm³/mol. The molecule has 0 saturated carbocycles. The van der Waals surface area contributed by atoms with Gasteiger partial charge in [0.2, 0.25) is 0 Å². The van der Waals surface area contributed by atoms with Gasteiger partial charge in [-0.2, -0.15) is 0 Å². The molecule has 1 N–H and O–H groups in total. The number of carbonyl (C=O) groups is 1. The standard InChI is InChI=1S/C17H24ClN3O2/c1-3-8-20(2)17(22)19-13-16(21-9-11-23-12-10-21)14-6-4-5-7-15(14)18/h3-7,16H,1,8-13H2,2H3,(H,19,22)/t16-/m0/s1. The van der Waals surface area contributed by atoms with Crippen LogP contribution in [-0.2, 0) is 4.74 Å². The van der Waals surface area contributed by atoms with Gasteiger partial charge in [-0.05, 0) is 11.6 Å². The van der Waals surface area contributed by atoms with Crippen molar-refractivity contribution in [2.45, 2.75) is 6.04 Å². The second-order valence-corrected chi connectivity index (χ2v) is 5.95. The number of morpholine rings is 1. The maximum atomic E-state index is 12.1. The van der Waals surface area contributed by atoms with Crippen LogP contribution in [0.2, 0.25) is 5.02 Å². The molecule has 1 aliphatic heterocycles. The summed E-state index contributed by atoms with van der Waals surface area (Å²) in [5, 5.41) is 3.71. The molecule has 0 radical (unpaired) electrons. The minimum absolute atomic E-state index is 0.0358. The van der Waals surface area contributed by atoms with Gasteiger partial charge in [-0.3, -0.25) is 4.90 Å². The molecule has 23 heavy (non-hydrogen) atoms. The van der Waals surface area contributed by atoms with Crippen LogP contribution >= 0.6 is 11.6 Å². The monoisotopic (exact) mass is 337 g/mol. The number of carbonyl (C=O) groups excluding carboxylic acids is 1. The number of rotatable bonds is 6. The first-order chi connectivity index (χ1) is 11.1. The predicted octanol–water partition coefficient (Wildman–Crippen LogP) is 2.54. The number of amides is 2. The van der Waals surface area contributed by atoms with E-state index in [2.05, 4.69) is 16.8 Å². The lowest BCUT2D eigenvalue weighted by atomic mass is 10.0. The smallest absolute Gasteiger partial charge is 0.317 e. The molecule has 1 saturated heterocycles. The van der Waals surface area contributed by atoms with Gasteiger partial charge in [-0.1, -0.05) is 35.9 Å². The highest BCUT2D eigenvalue weighted by Crippen LogP contribution is 2.27. The largest absolute Gasteiger partial charge is 0.379 e. The number of likely N-dealkylation sites (N-methyl/N-ethyl adjacent to an activating group) is 1. The van der Waals surface area contributed by atoms with Crippen molar-refractivity contribution >= 4 is 17.6 Å². The van der Waals surface area contributed by atoms with Crippen LogP contribution in [-0.4, -0.2) is 62.3 Å². The van der Waals surface area contributed by atoms with Crippen LogP contribution in [0.1, 0.15) is 11.6 Å². The molecule has 1 heterocycles. The lowest BCUT2D eigenvalue weighted by Crippen LogP contribution is -2.46. The van der Waals surface area contributed by atoms with E-state index in [1.165, 1.54) is 0 Å². The molecule has 0 aromatic heterocycles. The summed E-state index contributed by atoms with van der Waals surface area (Å²) >= 11 is 6.37. The Balaban J connectivity index is 2.09. The Kier molecular flexibility index (Phi) is 6.89. The molecular weight excluding hydrogens is 314 g/mol. The SMILES string of the molecule is C=CCN(C)C(=O)NC[C@@H](c1ccccc1Cl)N1CCOCC1. The number of ether oxygens (including phenoxy) is 1. The molecule has 1 atom stereocenters. The molecular formula is C17H24ClN3O2. The molecule has 0 unspecified atom stereocenters. The summed E-state index contributed by atoms with van der Waals surface area (Å²) in [6.07, 6.45) is 1.70. The number of benzene rings is 1. The summed E-state index contributed by atoms with van der Waals surface area (Å²) < 4.78 is 5.43. The molecule has 0 aliphatic carbocycles. The molecule has 2 amide bonds. The molecule has 1 aromatic carbocycles. The molecule has 126 valence electrons. The van der Waals surface area contributed by atoms with Crippen molar-refractivity contribution in [3.05, 3.63) is 47.5 Å². The van der Waals surface area contributed by atoms with Gasteiger partial charge in [-0.15, -0.1) is 6.58 Å². The number of halogens is 1. The molecule has 1 aromatic rings. The van der Waals surface area contributed by atoms with Gasteiger partial charge in [-0.25, -0.2) is 4.79 Å². The van der Waals surface area contributed by atoms with Crippen LogP contribution in [0.4, 0.5) is 4.79 Å². The first-order valence-electron chi connectivity index (χ1n) is 7.79. The first-order valence-corrected chi connectivity index (χ1v) is 8.17. The van der Waals surface area contributed by atoms with E-state index in [1.54, 1.807) is 18.0 Å². The van der Waals surface area contributed by atoms with Crippen LogP contribution in [0.25, 0.3) is 0 Å². The van der Waals surface area contributed by atoms with Gasteiger partial charge in [0.05, 0.1) is 19.3 Å². The third kappa shape index (κ3) is 4.96. The molecule has 1 fully saturated rings. The number of nitrogens with zero attached hydrogens (tertiary/aromatic N) is 2. The molecule has 5 nitrogen and oxygen atoms in total. The van der Waals surface area contributed by atoms with Crippen molar-refractivity contribution in [3.8, 4) is 0 Å².